The number of nitrogens with one attached hydrogen (secondary N) is 1. The van der Waals surface area contributed by atoms with Crippen molar-refractivity contribution in [1.82, 2.24) is 4.98 Å². The minimum absolute atomic E-state index is 0.221. The lowest BCUT2D eigenvalue weighted by Crippen LogP contribution is -2.21. The van der Waals surface area contributed by atoms with Crippen LogP contribution in [0.3, 0.4) is 0 Å². The van der Waals surface area contributed by atoms with Crippen molar-refractivity contribution < 1.29 is 37.4 Å². The van der Waals surface area contributed by atoms with Crippen LogP contribution in [0.15, 0.2) is 36.4 Å². The van der Waals surface area contributed by atoms with Crippen molar-refractivity contribution in [2.24, 2.45) is 5.92 Å². The van der Waals surface area contributed by atoms with Gasteiger partial charge in [-0.1, -0.05) is 23.5 Å². The van der Waals surface area contributed by atoms with Crippen molar-refractivity contribution in [3.05, 3.63) is 42.0 Å². The van der Waals surface area contributed by atoms with E-state index in [1.54, 1.807) is 12.1 Å². The number of fused-ring (bicyclic) bond motifs is 1. The van der Waals surface area contributed by atoms with Crippen molar-refractivity contribution in [2.75, 3.05) is 5.32 Å². The first kappa shape index (κ1) is 22.5. The Morgan fingerprint density at radius 2 is 1.84 bits per heavy atom. The number of aliphatic carboxylic acids is 1. The maximum absolute atomic E-state index is 12.9. The number of halogens is 4. The quantitative estimate of drug-likeness (QED) is 0.487. The number of anilines is 1. The van der Waals surface area contributed by atoms with E-state index in [4.69, 9.17) is 9.90 Å². The second kappa shape index (κ2) is 8.50. The molecule has 31 heavy (non-hydrogen) atoms. The minimum atomic E-state index is -5.08. The van der Waals surface area contributed by atoms with Crippen molar-refractivity contribution in [3.63, 3.8) is 0 Å². The van der Waals surface area contributed by atoms with Crippen LogP contribution < -0.4 is 5.32 Å². The number of phenols is 1. The molecule has 0 radical (unpaired) electrons. The normalized spacial score (nSPS) is 17.6. The molecule has 2 aromatic carbocycles. The van der Waals surface area contributed by atoms with Crippen LogP contribution in [0.1, 0.15) is 12.0 Å². The van der Waals surface area contributed by atoms with Crippen molar-refractivity contribution in [3.8, 4) is 16.9 Å². The van der Waals surface area contributed by atoms with Gasteiger partial charge in [0.25, 0.3) is 0 Å². The number of amides is 1. The molecule has 1 saturated carbocycles. The average Bonchev–Trinajstić information content (AvgIpc) is 3.28. The molecule has 6 nitrogen and oxygen atoms in total. The first-order valence-electron chi connectivity index (χ1n) is 8.91. The van der Waals surface area contributed by atoms with Gasteiger partial charge in [-0.3, -0.25) is 4.79 Å². The Morgan fingerprint density at radius 1 is 1.19 bits per heavy atom. The number of thiazole rings is 1. The highest BCUT2D eigenvalue weighted by Crippen LogP contribution is 2.36. The largest absolute Gasteiger partial charge is 0.508 e. The average molecular weight is 456 g/mol. The molecule has 1 aromatic heterocycles. The SMILES string of the molecule is Cc1ccc(O)cc1-c1ccc2nc(NC(=O)[C@@H]3C[C@@H]3F)sc2c1.O=C(O)C(F)(F)F. The first-order chi connectivity index (χ1) is 14.5. The fourth-order valence-electron chi connectivity index (χ4n) is 2.70. The number of phenolic OH excluding ortho intramolecular Hbond substituents is 1. The standard InChI is InChI=1S/C18H15FN2O2S.C2HF3O2/c1-9-2-4-11(22)7-12(9)10-3-5-15-16(6-10)24-18(20-15)21-17(23)13-8-14(13)19;3-2(4,5)1(6)7/h2-7,13-14,22H,8H2,1H3,(H,20,21,23);(H,6,7)/t13-,14+;/m1./s1. The smallest absolute Gasteiger partial charge is 0.490 e. The van der Waals surface area contributed by atoms with Gasteiger partial charge in [0.15, 0.2) is 5.13 Å². The van der Waals surface area contributed by atoms with Gasteiger partial charge < -0.3 is 15.5 Å². The number of rotatable bonds is 3. The van der Waals surface area contributed by atoms with E-state index in [0.29, 0.717) is 11.6 Å². The lowest BCUT2D eigenvalue weighted by molar-refractivity contribution is -0.192. The number of nitrogens with zero attached hydrogens (tertiary/aromatic N) is 1. The molecule has 0 spiro atoms. The first-order valence-corrected chi connectivity index (χ1v) is 9.73. The molecule has 0 bridgehead atoms. The number of hydrogen-bond donors (Lipinski definition) is 3. The van der Waals surface area contributed by atoms with Gasteiger partial charge in [0.2, 0.25) is 5.91 Å². The second-order valence-electron chi connectivity index (χ2n) is 6.85. The van der Waals surface area contributed by atoms with E-state index < -0.39 is 24.2 Å². The Hall–Kier alpha value is -3.21. The van der Waals surface area contributed by atoms with Gasteiger partial charge in [0.05, 0.1) is 16.1 Å². The Kier molecular flexibility index (Phi) is 6.16. The van der Waals surface area contributed by atoms with Crippen LogP contribution in [0.2, 0.25) is 0 Å². The highest BCUT2D eigenvalue weighted by atomic mass is 32.1. The van der Waals surface area contributed by atoms with Gasteiger partial charge in [-0.05, 0) is 54.3 Å². The van der Waals surface area contributed by atoms with Crippen LogP contribution in [0.25, 0.3) is 21.3 Å². The topological polar surface area (TPSA) is 99.5 Å². The lowest BCUT2D eigenvalue weighted by atomic mass is 10.0. The summed E-state index contributed by atoms with van der Waals surface area (Å²) in [5.41, 5.74) is 3.77. The predicted molar refractivity (Wildman–Crippen MR) is 107 cm³/mol. The number of hydrogen-bond acceptors (Lipinski definition) is 5. The molecule has 0 aliphatic heterocycles. The Balaban J connectivity index is 0.000000339. The molecule has 1 fully saturated rings. The molecule has 1 aliphatic carbocycles. The third kappa shape index (κ3) is 5.48. The number of carbonyl (C=O) groups is 2. The van der Waals surface area contributed by atoms with E-state index in [-0.39, 0.29) is 11.7 Å². The molecular weight excluding hydrogens is 440 g/mol. The van der Waals surface area contributed by atoms with Crippen molar-refractivity contribution in [2.45, 2.75) is 25.7 Å². The molecule has 1 amide bonds. The van der Waals surface area contributed by atoms with Crippen molar-refractivity contribution >= 4 is 38.6 Å². The van der Waals surface area contributed by atoms with Crippen LogP contribution in [-0.4, -0.2) is 39.4 Å². The monoisotopic (exact) mass is 456 g/mol. The van der Waals surface area contributed by atoms with Crippen LogP contribution in [0, 0.1) is 12.8 Å². The molecule has 0 saturated heterocycles. The molecule has 2 atom stereocenters. The van der Waals surface area contributed by atoms with Gasteiger partial charge in [-0.15, -0.1) is 0 Å². The molecule has 11 heteroatoms. The van der Waals surface area contributed by atoms with Crippen LogP contribution >= 0.6 is 11.3 Å². The molecule has 1 heterocycles. The summed E-state index contributed by atoms with van der Waals surface area (Å²) in [6.45, 7) is 1.99. The van der Waals surface area contributed by atoms with Gasteiger partial charge in [-0.2, -0.15) is 13.2 Å². The highest BCUT2D eigenvalue weighted by molar-refractivity contribution is 7.22. The zero-order chi connectivity index (χ0) is 22.9. The van der Waals surface area contributed by atoms with Gasteiger partial charge in [0.1, 0.15) is 11.9 Å². The van der Waals surface area contributed by atoms with Crippen molar-refractivity contribution in [1.29, 1.82) is 0 Å². The predicted octanol–water partition coefficient (Wildman–Crippen LogP) is 4.91. The fourth-order valence-corrected chi connectivity index (χ4v) is 3.61. The zero-order valence-corrected chi connectivity index (χ0v) is 16.7. The summed E-state index contributed by atoms with van der Waals surface area (Å²) < 4.78 is 45.6. The lowest BCUT2D eigenvalue weighted by Gasteiger charge is -2.06. The summed E-state index contributed by atoms with van der Waals surface area (Å²) in [6.07, 6.45) is -5.79. The summed E-state index contributed by atoms with van der Waals surface area (Å²) >= 11 is 1.36. The summed E-state index contributed by atoms with van der Waals surface area (Å²) in [5.74, 6) is -3.36. The molecule has 4 rings (SSSR count). The van der Waals surface area contributed by atoms with Crippen LogP contribution in [0.4, 0.5) is 22.7 Å². The van der Waals surface area contributed by atoms with Gasteiger partial charge in [0, 0.05) is 0 Å². The molecule has 3 N–H and O–H groups in total. The van der Waals surface area contributed by atoms with E-state index >= 15 is 0 Å². The van der Waals surface area contributed by atoms with E-state index in [1.165, 1.54) is 11.3 Å². The number of aryl methyl sites for hydroxylation is 1. The van der Waals surface area contributed by atoms with E-state index in [0.717, 1.165) is 26.9 Å². The van der Waals surface area contributed by atoms with Crippen LogP contribution in [-0.2, 0) is 9.59 Å². The number of carboxylic acid groups (broad SMARTS) is 1. The van der Waals surface area contributed by atoms with E-state index in [2.05, 4.69) is 10.3 Å². The second-order valence-corrected chi connectivity index (χ2v) is 7.88. The Labute approximate surface area is 177 Å². The number of aromatic hydroxyl groups is 1. The van der Waals surface area contributed by atoms with Gasteiger partial charge in [-0.25, -0.2) is 14.2 Å². The molecule has 1 aliphatic rings. The highest BCUT2D eigenvalue weighted by Gasteiger charge is 2.43. The zero-order valence-electron chi connectivity index (χ0n) is 15.9. The third-order valence-electron chi connectivity index (χ3n) is 4.44. The summed E-state index contributed by atoms with van der Waals surface area (Å²) in [5, 5.41) is 20.0. The minimum Gasteiger partial charge on any atom is -0.508 e. The van der Waals surface area contributed by atoms with Gasteiger partial charge >= 0.3 is 12.1 Å². The number of aromatic nitrogens is 1. The number of benzene rings is 2. The molecule has 3 aromatic rings. The number of alkyl halides is 4. The maximum atomic E-state index is 12.9. The van der Waals surface area contributed by atoms with Crippen LogP contribution in [0.5, 0.6) is 5.75 Å². The summed E-state index contributed by atoms with van der Waals surface area (Å²) in [4.78, 5) is 25.1. The summed E-state index contributed by atoms with van der Waals surface area (Å²) in [7, 11) is 0. The van der Waals surface area contributed by atoms with E-state index in [1.807, 2.05) is 31.2 Å². The Bertz CT molecular complexity index is 1150. The maximum Gasteiger partial charge on any atom is 0.490 e. The third-order valence-corrected chi connectivity index (χ3v) is 5.38. The molecular formula is C20H16F4N2O4S. The number of carboxylic acids is 1. The molecule has 164 valence electrons. The Morgan fingerprint density at radius 3 is 2.42 bits per heavy atom. The summed E-state index contributed by atoms with van der Waals surface area (Å²) in [6, 6.07) is 11.1. The van der Waals surface area contributed by atoms with E-state index in [9.17, 15) is 27.5 Å². The fraction of sp³-hybridized carbons (Fsp3) is 0.250. The number of carbonyl (C=O) groups excluding carboxylic acids is 1. The molecule has 0 unspecified atom stereocenters.